The molecule has 6 heteroatoms. The minimum absolute atomic E-state index is 0.0943. The molecule has 1 aliphatic carbocycles. The van der Waals surface area contributed by atoms with Crippen LogP contribution >= 0.6 is 0 Å². The van der Waals surface area contributed by atoms with Crippen molar-refractivity contribution in [2.75, 3.05) is 33.3 Å². The van der Waals surface area contributed by atoms with Crippen LogP contribution in [0.25, 0.3) is 0 Å². The molecule has 0 aromatic heterocycles. The van der Waals surface area contributed by atoms with Crippen molar-refractivity contribution < 1.29 is 18.3 Å². The second-order valence-corrected chi connectivity index (χ2v) is 8.00. The highest BCUT2D eigenvalue weighted by molar-refractivity contribution is 5.97. The number of ether oxygens (including phenoxy) is 1. The molecular formula is C20H26F2N2O2. The van der Waals surface area contributed by atoms with Crippen LogP contribution < -0.4 is 4.74 Å². The highest BCUT2D eigenvalue weighted by Crippen LogP contribution is 2.34. The number of methoxy groups -OCH3 is 1. The third-order valence-corrected chi connectivity index (χ3v) is 6.32. The second-order valence-electron chi connectivity index (χ2n) is 8.00. The summed E-state index contributed by atoms with van der Waals surface area (Å²) < 4.78 is 33.2. The van der Waals surface area contributed by atoms with Crippen molar-refractivity contribution in [2.24, 2.45) is 11.8 Å². The van der Waals surface area contributed by atoms with E-state index >= 15 is 0 Å². The van der Waals surface area contributed by atoms with E-state index in [9.17, 15) is 13.6 Å². The van der Waals surface area contributed by atoms with Gasteiger partial charge in [-0.25, -0.2) is 8.78 Å². The molecule has 0 N–H and O–H groups in total. The Labute approximate surface area is 153 Å². The predicted molar refractivity (Wildman–Crippen MR) is 94.2 cm³/mol. The molecule has 3 aliphatic heterocycles. The van der Waals surface area contributed by atoms with Gasteiger partial charge in [-0.3, -0.25) is 9.69 Å². The molecule has 142 valence electrons. The summed E-state index contributed by atoms with van der Waals surface area (Å²) in [6.45, 7) is 3.31. The minimum atomic E-state index is -1.11. The fourth-order valence-electron chi connectivity index (χ4n) is 4.64. The largest absolute Gasteiger partial charge is 0.496 e. The summed E-state index contributed by atoms with van der Waals surface area (Å²) in [5.74, 6) is -1.30. The number of carbonyl (C=O) groups is 1. The van der Waals surface area contributed by atoms with Crippen LogP contribution in [0.2, 0.25) is 0 Å². The van der Waals surface area contributed by atoms with Gasteiger partial charge in [0.2, 0.25) is 0 Å². The molecule has 2 atom stereocenters. The normalized spacial score (nSPS) is 26.5. The summed E-state index contributed by atoms with van der Waals surface area (Å²) in [5.41, 5.74) is -0.278. The fourth-order valence-corrected chi connectivity index (χ4v) is 4.64. The zero-order valence-corrected chi connectivity index (χ0v) is 15.2. The Balaban J connectivity index is 1.55. The second kappa shape index (κ2) is 7.14. The first-order valence-electron chi connectivity index (χ1n) is 9.62. The van der Waals surface area contributed by atoms with Crippen LogP contribution in [0.1, 0.15) is 42.5 Å². The van der Waals surface area contributed by atoms with Gasteiger partial charge in [-0.1, -0.05) is 6.42 Å². The number of nitrogens with zero attached hydrogens (tertiary/aromatic N) is 2. The average Bonchev–Trinajstić information content (AvgIpc) is 2.91. The molecule has 1 aromatic rings. The summed E-state index contributed by atoms with van der Waals surface area (Å²) in [7, 11) is 1.37. The topological polar surface area (TPSA) is 32.8 Å². The van der Waals surface area contributed by atoms with Crippen molar-refractivity contribution in [3.63, 3.8) is 0 Å². The Morgan fingerprint density at radius 3 is 2.65 bits per heavy atom. The minimum Gasteiger partial charge on any atom is -0.496 e. The number of benzene rings is 1. The third kappa shape index (κ3) is 3.20. The first kappa shape index (κ1) is 17.7. The molecule has 4 aliphatic rings. The maximum absolute atomic E-state index is 14.4. The van der Waals surface area contributed by atoms with Gasteiger partial charge in [-0.15, -0.1) is 0 Å². The maximum Gasteiger partial charge on any atom is 0.260 e. The molecule has 0 unspecified atom stereocenters. The first-order valence-corrected chi connectivity index (χ1v) is 9.62. The Hall–Kier alpha value is -1.69. The van der Waals surface area contributed by atoms with Crippen molar-refractivity contribution in [3.8, 4) is 5.75 Å². The van der Waals surface area contributed by atoms with Crippen LogP contribution in [-0.2, 0) is 0 Å². The number of hydrogen-bond donors (Lipinski definition) is 0. The van der Waals surface area contributed by atoms with Crippen molar-refractivity contribution in [3.05, 3.63) is 29.3 Å². The molecule has 1 amide bonds. The number of amides is 1. The molecule has 3 heterocycles. The van der Waals surface area contributed by atoms with Crippen LogP contribution in [-0.4, -0.2) is 55.0 Å². The van der Waals surface area contributed by atoms with Crippen LogP contribution in [0.15, 0.2) is 12.1 Å². The number of hydrogen-bond acceptors (Lipinski definition) is 3. The number of fused-ring (bicyclic) bond motifs is 4. The lowest BCUT2D eigenvalue weighted by molar-refractivity contribution is 0.0708. The van der Waals surface area contributed by atoms with E-state index in [1.807, 2.05) is 0 Å². The van der Waals surface area contributed by atoms with E-state index in [0.717, 1.165) is 37.9 Å². The highest BCUT2D eigenvalue weighted by atomic mass is 19.2. The highest BCUT2D eigenvalue weighted by Gasteiger charge is 2.39. The van der Waals surface area contributed by atoms with Gasteiger partial charge in [0.15, 0.2) is 11.6 Å². The predicted octanol–water partition coefficient (Wildman–Crippen LogP) is 3.31. The van der Waals surface area contributed by atoms with Gasteiger partial charge >= 0.3 is 0 Å². The Morgan fingerprint density at radius 2 is 1.96 bits per heavy atom. The molecule has 1 aromatic carbocycles. The SMILES string of the molecule is COc1ccc(F)c(F)c1C(=O)N1C[C@H]2CC[C@@H](C1)N(CC1CCC1)C2. The molecule has 26 heavy (non-hydrogen) atoms. The molecule has 4 nitrogen and oxygen atoms in total. The number of rotatable bonds is 4. The lowest BCUT2D eigenvalue weighted by Crippen LogP contribution is -2.47. The van der Waals surface area contributed by atoms with Crippen molar-refractivity contribution in [1.82, 2.24) is 9.80 Å². The van der Waals surface area contributed by atoms with Gasteiger partial charge in [0, 0.05) is 32.2 Å². The molecule has 0 spiro atoms. The van der Waals surface area contributed by atoms with Gasteiger partial charge in [-0.2, -0.15) is 0 Å². The summed E-state index contributed by atoms with van der Waals surface area (Å²) in [4.78, 5) is 17.3. The zero-order chi connectivity index (χ0) is 18.3. The number of halogens is 2. The van der Waals surface area contributed by atoms with Gasteiger partial charge in [0.1, 0.15) is 11.3 Å². The average molecular weight is 364 g/mol. The van der Waals surface area contributed by atoms with Crippen LogP contribution in [0.4, 0.5) is 8.78 Å². The van der Waals surface area contributed by atoms with Crippen molar-refractivity contribution in [1.29, 1.82) is 0 Å². The van der Waals surface area contributed by atoms with Crippen molar-refractivity contribution in [2.45, 2.75) is 38.1 Å². The third-order valence-electron chi connectivity index (χ3n) is 6.32. The van der Waals surface area contributed by atoms with Crippen molar-refractivity contribution >= 4 is 5.91 Å². The van der Waals surface area contributed by atoms with Gasteiger partial charge in [0.05, 0.1) is 7.11 Å². The Kier molecular flexibility index (Phi) is 4.86. The van der Waals surface area contributed by atoms with E-state index in [0.29, 0.717) is 25.0 Å². The number of carbonyl (C=O) groups excluding carboxylic acids is 1. The van der Waals surface area contributed by atoms with Crippen LogP contribution in [0.5, 0.6) is 5.75 Å². The molecule has 5 rings (SSSR count). The number of piperidine rings is 1. The summed E-state index contributed by atoms with van der Waals surface area (Å²) in [5, 5.41) is 0. The smallest absolute Gasteiger partial charge is 0.260 e. The summed E-state index contributed by atoms with van der Waals surface area (Å²) in [6, 6.07) is 2.64. The fraction of sp³-hybridized carbons (Fsp3) is 0.650. The molecule has 1 saturated carbocycles. The maximum atomic E-state index is 14.4. The summed E-state index contributed by atoms with van der Waals surface area (Å²) in [6.07, 6.45) is 6.11. The quantitative estimate of drug-likeness (QED) is 0.822. The van der Waals surface area contributed by atoms with E-state index in [4.69, 9.17) is 4.74 Å². The monoisotopic (exact) mass is 364 g/mol. The molecule has 0 radical (unpaired) electrons. The van der Waals surface area contributed by atoms with Gasteiger partial charge in [-0.05, 0) is 49.7 Å². The Morgan fingerprint density at radius 1 is 1.15 bits per heavy atom. The molecule has 3 saturated heterocycles. The lowest BCUT2D eigenvalue weighted by atomic mass is 9.83. The Bertz CT molecular complexity index is 693. The van der Waals surface area contributed by atoms with Gasteiger partial charge < -0.3 is 9.64 Å². The first-order chi connectivity index (χ1) is 12.6. The molecule has 2 bridgehead atoms. The van der Waals surface area contributed by atoms with E-state index in [1.54, 1.807) is 4.90 Å². The standard InChI is InChI=1S/C20H26F2N2O2/c1-26-17-8-7-16(21)19(22)18(17)20(25)24-11-14-5-6-15(12-24)23(10-14)9-13-3-2-4-13/h7-8,13-15H,2-6,9-12H2,1H3/t14-,15-/m0/s1. The van der Waals surface area contributed by atoms with Crippen LogP contribution in [0.3, 0.4) is 0 Å². The zero-order valence-electron chi connectivity index (χ0n) is 15.2. The van der Waals surface area contributed by atoms with Crippen LogP contribution in [0, 0.1) is 23.5 Å². The molecule has 4 fully saturated rings. The molecular weight excluding hydrogens is 338 g/mol. The van der Waals surface area contributed by atoms with E-state index in [1.165, 1.54) is 32.4 Å². The van der Waals surface area contributed by atoms with E-state index < -0.39 is 17.5 Å². The van der Waals surface area contributed by atoms with Gasteiger partial charge in [0.25, 0.3) is 5.91 Å². The summed E-state index contributed by atoms with van der Waals surface area (Å²) >= 11 is 0. The van der Waals surface area contributed by atoms with E-state index in [2.05, 4.69) is 4.90 Å². The van der Waals surface area contributed by atoms with E-state index in [-0.39, 0.29) is 11.3 Å². The lowest BCUT2D eigenvalue weighted by Gasteiger charge is -2.40.